The SMILES string of the molecule is CCc1ccc(Nc2cc(N3CCc4ccccc43)ncn2)cc1. The number of para-hydroxylation sites is 1. The number of anilines is 4. The largest absolute Gasteiger partial charge is 0.340 e. The predicted molar refractivity (Wildman–Crippen MR) is 98.3 cm³/mol. The molecule has 0 radical (unpaired) electrons. The van der Waals surface area contributed by atoms with Gasteiger partial charge in [0.2, 0.25) is 0 Å². The van der Waals surface area contributed by atoms with Gasteiger partial charge >= 0.3 is 0 Å². The Bertz CT molecular complexity index is 842. The van der Waals surface area contributed by atoms with Crippen molar-refractivity contribution >= 4 is 23.0 Å². The molecule has 4 rings (SSSR count). The molecule has 120 valence electrons. The van der Waals surface area contributed by atoms with Crippen molar-refractivity contribution in [3.8, 4) is 0 Å². The number of fused-ring (bicyclic) bond motifs is 1. The molecule has 1 N–H and O–H groups in total. The van der Waals surface area contributed by atoms with Gasteiger partial charge in [0.15, 0.2) is 0 Å². The number of hydrogen-bond donors (Lipinski definition) is 1. The van der Waals surface area contributed by atoms with Crippen LogP contribution in [0, 0.1) is 0 Å². The molecule has 1 aliphatic heterocycles. The van der Waals surface area contributed by atoms with Crippen LogP contribution in [0.2, 0.25) is 0 Å². The minimum Gasteiger partial charge on any atom is -0.340 e. The molecule has 0 spiro atoms. The number of benzene rings is 2. The molecule has 24 heavy (non-hydrogen) atoms. The first-order valence-corrected chi connectivity index (χ1v) is 8.37. The standard InChI is InChI=1S/C20H20N4/c1-2-15-7-9-17(10-8-15)23-19-13-20(22-14-21-19)24-12-11-16-5-3-4-6-18(16)24/h3-10,13-14H,2,11-12H2,1H3,(H,21,22,23). The molecule has 0 amide bonds. The summed E-state index contributed by atoms with van der Waals surface area (Å²) in [6.45, 7) is 3.12. The highest BCUT2D eigenvalue weighted by molar-refractivity contribution is 5.69. The summed E-state index contributed by atoms with van der Waals surface area (Å²) >= 11 is 0. The van der Waals surface area contributed by atoms with Crippen LogP contribution in [0.15, 0.2) is 60.9 Å². The molecule has 2 heterocycles. The van der Waals surface area contributed by atoms with Crippen LogP contribution in [0.25, 0.3) is 0 Å². The van der Waals surface area contributed by atoms with Gasteiger partial charge in [0.1, 0.15) is 18.0 Å². The van der Waals surface area contributed by atoms with Crippen molar-refractivity contribution in [1.82, 2.24) is 9.97 Å². The second-order valence-corrected chi connectivity index (χ2v) is 5.97. The van der Waals surface area contributed by atoms with Crippen LogP contribution in [-0.4, -0.2) is 16.5 Å². The highest BCUT2D eigenvalue weighted by Gasteiger charge is 2.20. The Morgan fingerprint density at radius 2 is 1.88 bits per heavy atom. The monoisotopic (exact) mass is 316 g/mol. The van der Waals surface area contributed by atoms with E-state index in [1.807, 2.05) is 6.07 Å². The Labute approximate surface area is 142 Å². The molecule has 0 saturated heterocycles. The van der Waals surface area contributed by atoms with Crippen LogP contribution in [0.1, 0.15) is 18.1 Å². The zero-order valence-electron chi connectivity index (χ0n) is 13.7. The molecule has 2 aromatic carbocycles. The molecule has 4 heteroatoms. The maximum absolute atomic E-state index is 4.46. The normalized spacial score (nSPS) is 13.0. The van der Waals surface area contributed by atoms with Crippen LogP contribution >= 0.6 is 0 Å². The third-order valence-electron chi connectivity index (χ3n) is 4.45. The van der Waals surface area contributed by atoms with Gasteiger partial charge in [-0.1, -0.05) is 37.3 Å². The molecule has 4 nitrogen and oxygen atoms in total. The van der Waals surface area contributed by atoms with E-state index in [4.69, 9.17) is 0 Å². The summed E-state index contributed by atoms with van der Waals surface area (Å²) in [5.41, 5.74) is 4.99. The number of aromatic nitrogens is 2. The fourth-order valence-electron chi connectivity index (χ4n) is 3.11. The van der Waals surface area contributed by atoms with Gasteiger partial charge in [-0.3, -0.25) is 0 Å². The summed E-state index contributed by atoms with van der Waals surface area (Å²) in [5.74, 6) is 1.75. The van der Waals surface area contributed by atoms with Crippen LogP contribution in [-0.2, 0) is 12.8 Å². The average molecular weight is 316 g/mol. The summed E-state index contributed by atoms with van der Waals surface area (Å²) in [7, 11) is 0. The first-order chi connectivity index (χ1) is 11.8. The van der Waals surface area contributed by atoms with E-state index in [9.17, 15) is 0 Å². The van der Waals surface area contributed by atoms with E-state index in [0.29, 0.717) is 0 Å². The summed E-state index contributed by atoms with van der Waals surface area (Å²) in [6, 6.07) is 19.0. The Balaban J connectivity index is 1.58. The molecule has 0 bridgehead atoms. The summed E-state index contributed by atoms with van der Waals surface area (Å²) in [5, 5.41) is 3.37. The fraction of sp³-hybridized carbons (Fsp3) is 0.200. The van der Waals surface area contributed by atoms with Gasteiger partial charge in [0, 0.05) is 24.0 Å². The molecule has 0 fully saturated rings. The summed E-state index contributed by atoms with van der Waals surface area (Å²) in [6.07, 6.45) is 3.73. The zero-order valence-corrected chi connectivity index (χ0v) is 13.7. The van der Waals surface area contributed by atoms with Crippen molar-refractivity contribution in [2.45, 2.75) is 19.8 Å². The molecule has 0 unspecified atom stereocenters. The molecule has 0 atom stereocenters. The van der Waals surface area contributed by atoms with Crippen molar-refractivity contribution in [3.05, 3.63) is 72.1 Å². The van der Waals surface area contributed by atoms with E-state index in [1.165, 1.54) is 16.8 Å². The van der Waals surface area contributed by atoms with Gasteiger partial charge < -0.3 is 10.2 Å². The number of nitrogens with zero attached hydrogens (tertiary/aromatic N) is 3. The Kier molecular flexibility index (Phi) is 3.87. The van der Waals surface area contributed by atoms with Gasteiger partial charge in [0.25, 0.3) is 0 Å². The zero-order chi connectivity index (χ0) is 16.4. The Morgan fingerprint density at radius 3 is 2.71 bits per heavy atom. The lowest BCUT2D eigenvalue weighted by Gasteiger charge is -2.18. The molecular weight excluding hydrogens is 296 g/mol. The van der Waals surface area contributed by atoms with Gasteiger partial charge in [0.05, 0.1) is 0 Å². The number of aryl methyl sites for hydroxylation is 1. The second-order valence-electron chi connectivity index (χ2n) is 5.97. The quantitative estimate of drug-likeness (QED) is 0.770. The summed E-state index contributed by atoms with van der Waals surface area (Å²) in [4.78, 5) is 11.1. The minimum atomic E-state index is 0.814. The van der Waals surface area contributed by atoms with E-state index in [-0.39, 0.29) is 0 Å². The summed E-state index contributed by atoms with van der Waals surface area (Å²) < 4.78 is 0. The van der Waals surface area contributed by atoms with Gasteiger partial charge in [-0.05, 0) is 42.2 Å². The van der Waals surface area contributed by atoms with Crippen LogP contribution < -0.4 is 10.2 Å². The van der Waals surface area contributed by atoms with Gasteiger partial charge in [-0.2, -0.15) is 0 Å². The highest BCUT2D eigenvalue weighted by atomic mass is 15.2. The van der Waals surface area contributed by atoms with E-state index >= 15 is 0 Å². The van der Waals surface area contributed by atoms with Crippen molar-refractivity contribution in [2.24, 2.45) is 0 Å². The molecular formula is C20H20N4. The molecule has 0 aliphatic carbocycles. The van der Waals surface area contributed by atoms with E-state index in [1.54, 1.807) is 6.33 Å². The minimum absolute atomic E-state index is 0.814. The highest BCUT2D eigenvalue weighted by Crippen LogP contribution is 2.33. The van der Waals surface area contributed by atoms with E-state index in [0.717, 1.165) is 36.7 Å². The van der Waals surface area contributed by atoms with E-state index < -0.39 is 0 Å². The van der Waals surface area contributed by atoms with Crippen molar-refractivity contribution in [3.63, 3.8) is 0 Å². The van der Waals surface area contributed by atoms with Crippen LogP contribution in [0.3, 0.4) is 0 Å². The lowest BCUT2D eigenvalue weighted by atomic mass is 10.1. The average Bonchev–Trinajstić information content (AvgIpc) is 3.07. The number of nitrogens with one attached hydrogen (secondary N) is 1. The maximum atomic E-state index is 4.46. The van der Waals surface area contributed by atoms with Crippen molar-refractivity contribution in [1.29, 1.82) is 0 Å². The molecule has 1 aliphatic rings. The lowest BCUT2D eigenvalue weighted by Crippen LogP contribution is -2.15. The number of rotatable bonds is 4. The third-order valence-corrected chi connectivity index (χ3v) is 4.45. The fourth-order valence-corrected chi connectivity index (χ4v) is 3.11. The van der Waals surface area contributed by atoms with Gasteiger partial charge in [-0.25, -0.2) is 9.97 Å². The Hall–Kier alpha value is -2.88. The predicted octanol–water partition coefficient (Wildman–Crippen LogP) is 4.48. The van der Waals surface area contributed by atoms with Crippen molar-refractivity contribution in [2.75, 3.05) is 16.8 Å². The molecule has 0 saturated carbocycles. The first-order valence-electron chi connectivity index (χ1n) is 8.37. The lowest BCUT2D eigenvalue weighted by molar-refractivity contribution is 0.965. The van der Waals surface area contributed by atoms with Gasteiger partial charge in [-0.15, -0.1) is 0 Å². The molecule has 3 aromatic rings. The third kappa shape index (κ3) is 2.83. The van der Waals surface area contributed by atoms with Crippen molar-refractivity contribution < 1.29 is 0 Å². The Morgan fingerprint density at radius 1 is 1.04 bits per heavy atom. The van der Waals surface area contributed by atoms with Crippen LogP contribution in [0.4, 0.5) is 23.0 Å². The van der Waals surface area contributed by atoms with Crippen LogP contribution in [0.5, 0.6) is 0 Å². The maximum Gasteiger partial charge on any atom is 0.138 e. The second kappa shape index (κ2) is 6.32. The smallest absolute Gasteiger partial charge is 0.138 e. The molecule has 1 aromatic heterocycles. The van der Waals surface area contributed by atoms with E-state index in [2.05, 4.69) is 75.6 Å². The topological polar surface area (TPSA) is 41.0 Å². The number of hydrogen-bond acceptors (Lipinski definition) is 4. The first kappa shape index (κ1) is 14.7.